The molecule has 0 saturated heterocycles. The first kappa shape index (κ1) is 13.4. The van der Waals surface area contributed by atoms with Crippen LogP contribution in [-0.4, -0.2) is 0 Å². The van der Waals surface area contributed by atoms with Gasteiger partial charge in [0.25, 0.3) is 0 Å². The van der Waals surface area contributed by atoms with Gasteiger partial charge in [-0.05, 0) is 36.0 Å². The molecule has 2 aliphatic carbocycles. The van der Waals surface area contributed by atoms with Crippen molar-refractivity contribution in [3.63, 3.8) is 0 Å². The normalized spacial score (nSPS) is 27.0. The van der Waals surface area contributed by atoms with Crippen molar-refractivity contribution in [3.05, 3.63) is 0 Å². The molecule has 0 aromatic rings. The van der Waals surface area contributed by atoms with Crippen LogP contribution in [-0.2, 0) is 0 Å². The number of rotatable bonds is 3. The van der Waals surface area contributed by atoms with Gasteiger partial charge in [0.15, 0.2) is 0 Å². The smallest absolute Gasteiger partial charge is 0.0298 e. The number of hydrogen-bond acceptors (Lipinski definition) is 0. The Balaban J connectivity index is 1.96. The quantitative estimate of drug-likeness (QED) is 0.580. The van der Waals surface area contributed by atoms with Gasteiger partial charge in [0.05, 0.1) is 0 Å². The van der Waals surface area contributed by atoms with E-state index in [2.05, 4.69) is 20.8 Å². The third kappa shape index (κ3) is 3.06. The molecular formula is C17H32. The summed E-state index contributed by atoms with van der Waals surface area (Å²) in [5.41, 5.74) is 0.586. The van der Waals surface area contributed by atoms with Crippen LogP contribution < -0.4 is 0 Å². The number of hydrogen-bond donors (Lipinski definition) is 0. The molecule has 0 amide bonds. The van der Waals surface area contributed by atoms with E-state index in [1.54, 1.807) is 0 Å². The van der Waals surface area contributed by atoms with Crippen LogP contribution in [0.5, 0.6) is 0 Å². The summed E-state index contributed by atoms with van der Waals surface area (Å²) in [5, 5.41) is 0. The lowest BCUT2D eigenvalue weighted by atomic mass is 9.60. The van der Waals surface area contributed by atoms with E-state index in [1.165, 1.54) is 64.2 Å². The summed E-state index contributed by atoms with van der Waals surface area (Å²) in [5.74, 6) is 2.97. The molecule has 0 aromatic carbocycles. The van der Waals surface area contributed by atoms with Crippen LogP contribution in [0.15, 0.2) is 0 Å². The van der Waals surface area contributed by atoms with Crippen molar-refractivity contribution in [1.82, 2.24) is 0 Å². The fraction of sp³-hybridized carbons (Fsp3) is 1.00. The largest absolute Gasteiger partial charge is 0.0617 e. The predicted octanol–water partition coefficient (Wildman–Crippen LogP) is 5.81. The van der Waals surface area contributed by atoms with Gasteiger partial charge in [0.2, 0.25) is 0 Å². The Bertz CT molecular complexity index is 216. The first-order valence-electron chi connectivity index (χ1n) is 8.12. The predicted molar refractivity (Wildman–Crippen MR) is 76.1 cm³/mol. The molecule has 0 bridgehead atoms. The molecule has 0 heteroatoms. The van der Waals surface area contributed by atoms with Crippen LogP contribution in [0.1, 0.15) is 85.0 Å². The summed E-state index contributed by atoms with van der Waals surface area (Å²) in [7, 11) is 0. The van der Waals surface area contributed by atoms with Gasteiger partial charge in [0, 0.05) is 0 Å². The van der Waals surface area contributed by atoms with Crippen LogP contribution in [0.4, 0.5) is 0 Å². The van der Waals surface area contributed by atoms with Gasteiger partial charge >= 0.3 is 0 Å². The van der Waals surface area contributed by atoms with Crippen molar-refractivity contribution in [2.45, 2.75) is 85.0 Å². The first-order valence-corrected chi connectivity index (χ1v) is 8.12. The van der Waals surface area contributed by atoms with Crippen molar-refractivity contribution in [2.75, 3.05) is 0 Å². The molecule has 0 N–H and O–H groups in total. The zero-order valence-corrected chi connectivity index (χ0v) is 12.3. The lowest BCUT2D eigenvalue weighted by Gasteiger charge is -2.45. The lowest BCUT2D eigenvalue weighted by Crippen LogP contribution is -2.37. The maximum absolute atomic E-state index is 2.57. The average Bonchev–Trinajstić information content (AvgIpc) is 2.40. The lowest BCUT2D eigenvalue weighted by molar-refractivity contribution is 0.0431. The highest BCUT2D eigenvalue weighted by molar-refractivity contribution is 4.88. The molecule has 0 radical (unpaired) electrons. The van der Waals surface area contributed by atoms with E-state index in [0.717, 1.165) is 17.8 Å². The molecule has 0 nitrogen and oxygen atoms in total. The molecule has 2 aliphatic rings. The third-order valence-corrected chi connectivity index (χ3v) is 6.19. The van der Waals surface area contributed by atoms with Crippen molar-refractivity contribution in [1.29, 1.82) is 0 Å². The summed E-state index contributed by atoms with van der Waals surface area (Å²) >= 11 is 0. The fourth-order valence-corrected chi connectivity index (χ4v) is 4.46. The van der Waals surface area contributed by atoms with E-state index >= 15 is 0 Å². The van der Waals surface area contributed by atoms with E-state index in [-0.39, 0.29) is 0 Å². The van der Waals surface area contributed by atoms with Gasteiger partial charge in [-0.25, -0.2) is 0 Å². The maximum atomic E-state index is 2.57. The molecule has 2 fully saturated rings. The topological polar surface area (TPSA) is 0 Å². The highest BCUT2D eigenvalue weighted by atomic mass is 14.4. The molecular weight excluding hydrogens is 204 g/mol. The van der Waals surface area contributed by atoms with Crippen LogP contribution in [0, 0.1) is 23.2 Å². The van der Waals surface area contributed by atoms with Gasteiger partial charge in [-0.15, -0.1) is 0 Å². The molecule has 100 valence electrons. The summed E-state index contributed by atoms with van der Waals surface area (Å²) < 4.78 is 0. The fourth-order valence-electron chi connectivity index (χ4n) is 4.46. The summed E-state index contributed by atoms with van der Waals surface area (Å²) in [6, 6.07) is 0. The zero-order chi connectivity index (χ0) is 12.3. The third-order valence-electron chi connectivity index (χ3n) is 6.19. The second-order valence-corrected chi connectivity index (χ2v) is 7.34. The van der Waals surface area contributed by atoms with Crippen LogP contribution >= 0.6 is 0 Å². The highest BCUT2D eigenvalue weighted by Gasteiger charge is 2.38. The molecule has 17 heavy (non-hydrogen) atoms. The van der Waals surface area contributed by atoms with E-state index in [9.17, 15) is 0 Å². The minimum atomic E-state index is 0.586. The van der Waals surface area contributed by atoms with Gasteiger partial charge in [-0.2, -0.15) is 0 Å². The summed E-state index contributed by atoms with van der Waals surface area (Å²) in [6.07, 6.45) is 15.0. The molecule has 1 unspecified atom stereocenters. The minimum Gasteiger partial charge on any atom is -0.0617 e. The summed E-state index contributed by atoms with van der Waals surface area (Å²) in [6.45, 7) is 7.70. The molecule has 0 aliphatic heterocycles. The van der Waals surface area contributed by atoms with Crippen LogP contribution in [0.2, 0.25) is 0 Å². The molecule has 1 atom stereocenters. The SMILES string of the molecule is CC(C1CCCCC1)C(C)(C)C1CCCCC1. The molecule has 2 saturated carbocycles. The minimum absolute atomic E-state index is 0.586. The Morgan fingerprint density at radius 1 is 0.765 bits per heavy atom. The van der Waals surface area contributed by atoms with Crippen molar-refractivity contribution in [3.8, 4) is 0 Å². The Morgan fingerprint density at radius 2 is 1.24 bits per heavy atom. The Labute approximate surface area is 109 Å². The van der Waals surface area contributed by atoms with Gasteiger partial charge < -0.3 is 0 Å². The average molecular weight is 236 g/mol. The first-order chi connectivity index (χ1) is 8.12. The van der Waals surface area contributed by atoms with Gasteiger partial charge in [-0.3, -0.25) is 0 Å². The van der Waals surface area contributed by atoms with Crippen molar-refractivity contribution in [2.24, 2.45) is 23.2 Å². The second-order valence-electron chi connectivity index (χ2n) is 7.34. The maximum Gasteiger partial charge on any atom is -0.0298 e. The van der Waals surface area contributed by atoms with Crippen LogP contribution in [0.25, 0.3) is 0 Å². The van der Waals surface area contributed by atoms with Crippen molar-refractivity contribution >= 4 is 0 Å². The zero-order valence-electron chi connectivity index (χ0n) is 12.3. The highest BCUT2D eigenvalue weighted by Crippen LogP contribution is 2.48. The van der Waals surface area contributed by atoms with Crippen LogP contribution in [0.3, 0.4) is 0 Å². The monoisotopic (exact) mass is 236 g/mol. The van der Waals surface area contributed by atoms with E-state index in [4.69, 9.17) is 0 Å². The molecule has 0 aromatic heterocycles. The Morgan fingerprint density at radius 3 is 1.76 bits per heavy atom. The molecule has 2 rings (SSSR count). The standard InChI is InChI=1S/C17H32/c1-14(15-10-6-4-7-11-15)17(2,3)16-12-8-5-9-13-16/h14-16H,4-13H2,1-3H3. The molecule has 0 spiro atoms. The summed E-state index contributed by atoms with van der Waals surface area (Å²) in [4.78, 5) is 0. The Hall–Kier alpha value is 0. The Kier molecular flexibility index (Phi) is 4.55. The van der Waals surface area contributed by atoms with Gasteiger partial charge in [0.1, 0.15) is 0 Å². The van der Waals surface area contributed by atoms with E-state index < -0.39 is 0 Å². The van der Waals surface area contributed by atoms with E-state index in [1.807, 2.05) is 0 Å². The van der Waals surface area contributed by atoms with Crippen molar-refractivity contribution < 1.29 is 0 Å². The van der Waals surface area contributed by atoms with Gasteiger partial charge in [-0.1, -0.05) is 72.1 Å². The van der Waals surface area contributed by atoms with E-state index in [0.29, 0.717) is 5.41 Å². The second kappa shape index (κ2) is 5.76. The molecule has 0 heterocycles.